The van der Waals surface area contributed by atoms with E-state index in [2.05, 4.69) is 9.88 Å². The molecule has 134 valence electrons. The number of benzene rings is 2. The third-order valence-corrected chi connectivity index (χ3v) is 4.79. The number of likely N-dealkylation sites (tertiary alicyclic amines) is 1. The number of likely N-dealkylation sites (N-methyl/N-ethyl adjacent to an activating group) is 1. The van der Waals surface area contributed by atoms with Gasteiger partial charge in [0.15, 0.2) is 5.58 Å². The summed E-state index contributed by atoms with van der Waals surface area (Å²) in [7, 11) is 2.01. The van der Waals surface area contributed by atoms with Gasteiger partial charge in [0.25, 0.3) is 0 Å². The number of hydrogen-bond acceptors (Lipinski definition) is 5. The Hall–Kier alpha value is -2.08. The lowest BCUT2D eigenvalue weighted by Crippen LogP contribution is -2.22. The summed E-state index contributed by atoms with van der Waals surface area (Å²) in [5, 5.41) is 1.00. The maximum atomic E-state index is 12.4. The van der Waals surface area contributed by atoms with E-state index in [4.69, 9.17) is 32.4 Å². The van der Waals surface area contributed by atoms with Gasteiger partial charge in [-0.25, -0.2) is 9.78 Å². The molecule has 26 heavy (non-hydrogen) atoms. The van der Waals surface area contributed by atoms with Crippen molar-refractivity contribution in [2.45, 2.75) is 12.5 Å². The fraction of sp³-hybridized carbons (Fsp3) is 0.263. The molecule has 0 aliphatic carbocycles. The van der Waals surface area contributed by atoms with Gasteiger partial charge in [-0.2, -0.15) is 0 Å². The van der Waals surface area contributed by atoms with Crippen molar-refractivity contribution in [1.82, 2.24) is 9.88 Å². The molecule has 2 heterocycles. The van der Waals surface area contributed by atoms with E-state index in [0.717, 1.165) is 19.5 Å². The molecule has 3 aromatic rings. The van der Waals surface area contributed by atoms with Gasteiger partial charge in [-0.3, -0.25) is 0 Å². The summed E-state index contributed by atoms with van der Waals surface area (Å²) in [5.74, 6) is 0.0447. The molecule has 0 N–H and O–H groups in total. The van der Waals surface area contributed by atoms with E-state index in [0.29, 0.717) is 38.2 Å². The van der Waals surface area contributed by atoms with Gasteiger partial charge in [-0.05, 0) is 49.9 Å². The van der Waals surface area contributed by atoms with E-state index in [9.17, 15) is 4.79 Å². The number of esters is 1. The summed E-state index contributed by atoms with van der Waals surface area (Å²) in [5.41, 5.74) is 2.28. The lowest BCUT2D eigenvalue weighted by molar-refractivity contribution is 0.0327. The molecule has 0 saturated carbocycles. The highest BCUT2D eigenvalue weighted by Crippen LogP contribution is 2.29. The number of carbonyl (C=O) groups excluding carboxylic acids is 1. The molecule has 0 amide bonds. The van der Waals surface area contributed by atoms with Crippen LogP contribution in [-0.2, 0) is 4.74 Å². The molecule has 1 aromatic heterocycles. The molecule has 1 aliphatic rings. The quantitative estimate of drug-likeness (QED) is 0.608. The predicted molar refractivity (Wildman–Crippen MR) is 101 cm³/mol. The average molecular weight is 391 g/mol. The van der Waals surface area contributed by atoms with Gasteiger partial charge in [0.1, 0.15) is 11.6 Å². The zero-order valence-corrected chi connectivity index (χ0v) is 15.5. The van der Waals surface area contributed by atoms with Crippen molar-refractivity contribution in [2.75, 3.05) is 20.1 Å². The van der Waals surface area contributed by atoms with Gasteiger partial charge in [0.2, 0.25) is 5.89 Å². The molecular formula is C19H16Cl2N2O3. The number of fused-ring (bicyclic) bond motifs is 1. The summed E-state index contributed by atoms with van der Waals surface area (Å²) < 4.78 is 11.4. The second kappa shape index (κ2) is 6.91. The SMILES string of the molecule is CN1CC[C@H](OC(=O)c2ccc3nc(-c4cc(Cl)cc(Cl)c4)oc3c2)C1. The fourth-order valence-corrected chi connectivity index (χ4v) is 3.59. The molecular weight excluding hydrogens is 375 g/mol. The third-order valence-electron chi connectivity index (χ3n) is 4.36. The van der Waals surface area contributed by atoms with Crippen molar-refractivity contribution in [3.8, 4) is 11.5 Å². The Morgan fingerprint density at radius 3 is 2.69 bits per heavy atom. The van der Waals surface area contributed by atoms with Crippen molar-refractivity contribution in [1.29, 1.82) is 0 Å². The van der Waals surface area contributed by atoms with Crippen molar-refractivity contribution >= 4 is 40.3 Å². The fourth-order valence-electron chi connectivity index (χ4n) is 3.06. The lowest BCUT2D eigenvalue weighted by Gasteiger charge is -2.12. The normalized spacial score (nSPS) is 17.7. The number of rotatable bonds is 3. The van der Waals surface area contributed by atoms with Crippen molar-refractivity contribution in [2.24, 2.45) is 0 Å². The second-order valence-electron chi connectivity index (χ2n) is 6.44. The molecule has 0 unspecified atom stereocenters. The molecule has 0 radical (unpaired) electrons. The number of ether oxygens (including phenoxy) is 1. The number of hydrogen-bond donors (Lipinski definition) is 0. The number of aromatic nitrogens is 1. The Bertz CT molecular complexity index is 966. The molecule has 7 heteroatoms. The lowest BCUT2D eigenvalue weighted by atomic mass is 10.2. The van der Waals surface area contributed by atoms with Crippen LogP contribution >= 0.6 is 23.2 Å². The summed E-state index contributed by atoms with van der Waals surface area (Å²) >= 11 is 12.1. The highest BCUT2D eigenvalue weighted by molar-refractivity contribution is 6.35. The topological polar surface area (TPSA) is 55.6 Å². The summed E-state index contributed by atoms with van der Waals surface area (Å²) in [4.78, 5) is 19.0. The van der Waals surface area contributed by atoms with Gasteiger partial charge < -0.3 is 14.1 Å². The number of halogens is 2. The molecule has 0 spiro atoms. The van der Waals surface area contributed by atoms with Crippen molar-refractivity contribution in [3.05, 3.63) is 52.0 Å². The van der Waals surface area contributed by atoms with Crippen LogP contribution < -0.4 is 0 Å². The molecule has 1 aliphatic heterocycles. The maximum absolute atomic E-state index is 12.4. The molecule has 2 aromatic carbocycles. The maximum Gasteiger partial charge on any atom is 0.338 e. The van der Waals surface area contributed by atoms with Crippen LogP contribution in [0, 0.1) is 0 Å². The van der Waals surface area contributed by atoms with Gasteiger partial charge in [-0.1, -0.05) is 23.2 Å². The second-order valence-corrected chi connectivity index (χ2v) is 7.31. The van der Waals surface area contributed by atoms with Crippen molar-refractivity contribution < 1.29 is 13.9 Å². The van der Waals surface area contributed by atoms with Gasteiger partial charge >= 0.3 is 5.97 Å². The highest BCUT2D eigenvalue weighted by Gasteiger charge is 2.24. The predicted octanol–water partition coefficient (Wildman–Crippen LogP) is 4.66. The van der Waals surface area contributed by atoms with Crippen molar-refractivity contribution in [3.63, 3.8) is 0 Å². The van der Waals surface area contributed by atoms with Crippen LogP contribution in [-0.4, -0.2) is 42.1 Å². The Morgan fingerprint density at radius 2 is 2.00 bits per heavy atom. The molecule has 5 nitrogen and oxygen atoms in total. The number of carbonyl (C=O) groups is 1. The first-order chi connectivity index (χ1) is 12.5. The van der Waals surface area contributed by atoms with E-state index >= 15 is 0 Å². The van der Waals surface area contributed by atoms with Gasteiger partial charge in [0, 0.05) is 28.7 Å². The van der Waals surface area contributed by atoms with Gasteiger partial charge in [0.05, 0.1) is 5.56 Å². The average Bonchev–Trinajstić information content (AvgIpc) is 3.19. The molecule has 1 fully saturated rings. The van der Waals surface area contributed by atoms with Crippen LogP contribution in [0.4, 0.5) is 0 Å². The van der Waals surface area contributed by atoms with E-state index < -0.39 is 0 Å². The van der Waals surface area contributed by atoms with Crippen LogP contribution in [0.1, 0.15) is 16.8 Å². The van der Waals surface area contributed by atoms with E-state index in [1.807, 2.05) is 7.05 Å². The van der Waals surface area contributed by atoms with Crippen LogP contribution in [0.15, 0.2) is 40.8 Å². The zero-order chi connectivity index (χ0) is 18.3. The Labute approximate surface area is 160 Å². The van der Waals surface area contributed by atoms with E-state index in [1.54, 1.807) is 36.4 Å². The standard InChI is InChI=1S/C19H16Cl2N2O3/c1-23-5-4-15(10-23)25-19(24)11-2-3-16-17(8-11)26-18(22-16)12-6-13(20)9-14(21)7-12/h2-3,6-9,15H,4-5,10H2,1H3/t15-/m0/s1. The van der Waals surface area contributed by atoms with Crippen LogP contribution in [0.25, 0.3) is 22.6 Å². The molecule has 1 saturated heterocycles. The summed E-state index contributed by atoms with van der Waals surface area (Å²) in [6.45, 7) is 1.70. The Kier molecular flexibility index (Phi) is 4.61. The minimum absolute atomic E-state index is 0.0675. The monoisotopic (exact) mass is 390 g/mol. The van der Waals surface area contributed by atoms with Gasteiger partial charge in [-0.15, -0.1) is 0 Å². The first-order valence-electron chi connectivity index (χ1n) is 8.24. The first kappa shape index (κ1) is 17.3. The van der Waals surface area contributed by atoms with E-state index in [1.165, 1.54) is 0 Å². The molecule has 0 bridgehead atoms. The minimum Gasteiger partial charge on any atom is -0.457 e. The minimum atomic E-state index is -0.351. The largest absolute Gasteiger partial charge is 0.457 e. The Morgan fingerprint density at radius 1 is 1.23 bits per heavy atom. The molecule has 1 atom stereocenters. The third kappa shape index (κ3) is 3.56. The number of oxazole rings is 1. The Balaban J connectivity index is 1.60. The molecule has 4 rings (SSSR count). The van der Waals surface area contributed by atoms with E-state index in [-0.39, 0.29) is 12.1 Å². The smallest absolute Gasteiger partial charge is 0.338 e. The summed E-state index contributed by atoms with van der Waals surface area (Å²) in [6.07, 6.45) is 0.786. The van der Waals surface area contributed by atoms with Crippen LogP contribution in [0.5, 0.6) is 0 Å². The summed E-state index contributed by atoms with van der Waals surface area (Å²) in [6, 6.07) is 10.2. The zero-order valence-electron chi connectivity index (χ0n) is 14.0. The number of nitrogens with zero attached hydrogens (tertiary/aromatic N) is 2. The highest BCUT2D eigenvalue weighted by atomic mass is 35.5. The first-order valence-corrected chi connectivity index (χ1v) is 9.00. The van der Waals surface area contributed by atoms with Crippen LogP contribution in [0.3, 0.4) is 0 Å². The van der Waals surface area contributed by atoms with Crippen LogP contribution in [0.2, 0.25) is 10.0 Å².